The van der Waals surface area contributed by atoms with Crippen LogP contribution >= 0.6 is 0 Å². The van der Waals surface area contributed by atoms with Crippen molar-refractivity contribution >= 4 is 0 Å². The number of aromatic amines is 1. The number of hydrogen-bond acceptors (Lipinski definition) is 7. The molecule has 4 rings (SSSR count). The van der Waals surface area contributed by atoms with E-state index in [9.17, 15) is 4.79 Å². The van der Waals surface area contributed by atoms with Gasteiger partial charge in [0.2, 0.25) is 5.82 Å². The van der Waals surface area contributed by atoms with E-state index in [2.05, 4.69) is 37.1 Å². The van der Waals surface area contributed by atoms with Gasteiger partial charge in [-0.1, -0.05) is 23.4 Å². The Balaban J connectivity index is 1.56. The Morgan fingerprint density at radius 3 is 2.92 bits per heavy atom. The lowest BCUT2D eigenvalue weighted by atomic mass is 10.1. The summed E-state index contributed by atoms with van der Waals surface area (Å²) in [5.74, 6) is 0.695. The van der Waals surface area contributed by atoms with E-state index in [-0.39, 0.29) is 11.4 Å². The van der Waals surface area contributed by atoms with Crippen molar-refractivity contribution in [2.45, 2.75) is 6.54 Å². The first-order valence-electron chi connectivity index (χ1n) is 8.06. The first kappa shape index (κ1) is 15.7. The van der Waals surface area contributed by atoms with E-state index in [0.29, 0.717) is 11.5 Å². The molecule has 1 fully saturated rings. The highest BCUT2D eigenvalue weighted by molar-refractivity contribution is 5.58. The van der Waals surface area contributed by atoms with Crippen LogP contribution in [0.2, 0.25) is 0 Å². The van der Waals surface area contributed by atoms with Crippen LogP contribution < -0.4 is 5.56 Å². The molecule has 3 heterocycles. The van der Waals surface area contributed by atoms with Crippen LogP contribution in [-0.4, -0.2) is 51.3 Å². The number of morpholine rings is 1. The summed E-state index contributed by atoms with van der Waals surface area (Å²) in [5, 5.41) is 4.01. The van der Waals surface area contributed by atoms with Crippen molar-refractivity contribution in [3.05, 3.63) is 52.6 Å². The van der Waals surface area contributed by atoms with Gasteiger partial charge in [-0.25, -0.2) is 4.98 Å². The van der Waals surface area contributed by atoms with Crippen LogP contribution in [0.25, 0.3) is 23.0 Å². The van der Waals surface area contributed by atoms with Crippen molar-refractivity contribution in [3.63, 3.8) is 0 Å². The summed E-state index contributed by atoms with van der Waals surface area (Å²) in [5.41, 5.74) is 2.13. The summed E-state index contributed by atoms with van der Waals surface area (Å²) in [6.45, 7) is 4.28. The third-order valence-electron chi connectivity index (χ3n) is 4.02. The summed E-state index contributed by atoms with van der Waals surface area (Å²) in [6.07, 6.45) is 1.31. The Labute approximate surface area is 143 Å². The molecule has 1 aliphatic heterocycles. The zero-order valence-electron chi connectivity index (χ0n) is 13.5. The zero-order valence-corrected chi connectivity index (χ0v) is 13.5. The van der Waals surface area contributed by atoms with E-state index in [4.69, 9.17) is 9.26 Å². The minimum Gasteiger partial charge on any atom is -0.379 e. The van der Waals surface area contributed by atoms with Crippen LogP contribution in [0, 0.1) is 0 Å². The molecule has 8 heteroatoms. The van der Waals surface area contributed by atoms with Crippen molar-refractivity contribution in [1.29, 1.82) is 0 Å². The van der Waals surface area contributed by atoms with Crippen molar-refractivity contribution in [1.82, 2.24) is 25.0 Å². The minimum atomic E-state index is -0.266. The molecule has 1 N–H and O–H groups in total. The highest BCUT2D eigenvalue weighted by Gasteiger charge is 2.14. The molecule has 3 aromatic rings. The van der Waals surface area contributed by atoms with E-state index >= 15 is 0 Å². The van der Waals surface area contributed by atoms with E-state index in [1.807, 2.05) is 12.1 Å². The Morgan fingerprint density at radius 1 is 1.20 bits per heavy atom. The second-order valence-corrected chi connectivity index (χ2v) is 5.81. The van der Waals surface area contributed by atoms with Crippen LogP contribution in [0.3, 0.4) is 0 Å². The number of ether oxygens (including phenoxy) is 1. The molecule has 0 aliphatic carbocycles. The minimum absolute atomic E-state index is 0.222. The maximum Gasteiger partial charge on any atom is 0.277 e. The molecule has 0 atom stereocenters. The third kappa shape index (κ3) is 3.65. The Hall–Kier alpha value is -2.84. The molecule has 0 radical (unpaired) electrons. The van der Waals surface area contributed by atoms with Crippen molar-refractivity contribution in [2.24, 2.45) is 0 Å². The standard InChI is InChI=1S/C17H17N5O3/c23-15-9-14(18-11-19-15)17-20-16(21-25-17)13-3-1-2-12(8-13)10-22-4-6-24-7-5-22/h1-3,8-9,11H,4-7,10H2,(H,18,19,23). The molecule has 0 unspecified atom stereocenters. The lowest BCUT2D eigenvalue weighted by Crippen LogP contribution is -2.35. The van der Waals surface area contributed by atoms with Gasteiger partial charge in [-0.3, -0.25) is 9.69 Å². The fourth-order valence-corrected chi connectivity index (χ4v) is 2.76. The molecule has 25 heavy (non-hydrogen) atoms. The molecule has 2 aromatic heterocycles. The maximum atomic E-state index is 11.4. The fraction of sp³-hybridized carbons (Fsp3) is 0.294. The summed E-state index contributed by atoms with van der Waals surface area (Å²) in [7, 11) is 0. The van der Waals surface area contributed by atoms with Crippen molar-refractivity contribution < 1.29 is 9.26 Å². The van der Waals surface area contributed by atoms with Crippen LogP contribution in [0.4, 0.5) is 0 Å². The maximum absolute atomic E-state index is 11.4. The number of nitrogens with one attached hydrogen (secondary N) is 1. The molecule has 128 valence electrons. The normalized spacial score (nSPS) is 15.4. The van der Waals surface area contributed by atoms with Gasteiger partial charge in [0, 0.05) is 31.3 Å². The zero-order chi connectivity index (χ0) is 17.1. The summed E-state index contributed by atoms with van der Waals surface area (Å²) in [4.78, 5) is 24.6. The predicted octanol–water partition coefficient (Wildman–Crippen LogP) is 1.32. The van der Waals surface area contributed by atoms with Crippen LogP contribution in [-0.2, 0) is 11.3 Å². The molecular weight excluding hydrogens is 322 g/mol. The Kier molecular flexibility index (Phi) is 4.36. The van der Waals surface area contributed by atoms with Gasteiger partial charge in [0.15, 0.2) is 0 Å². The molecular formula is C17H17N5O3. The summed E-state index contributed by atoms with van der Waals surface area (Å²) in [6, 6.07) is 9.37. The molecule has 1 saturated heterocycles. The van der Waals surface area contributed by atoms with E-state index in [1.54, 1.807) is 0 Å². The second kappa shape index (κ2) is 6.96. The van der Waals surface area contributed by atoms with Gasteiger partial charge in [-0.15, -0.1) is 0 Å². The number of hydrogen-bond donors (Lipinski definition) is 1. The number of aromatic nitrogens is 4. The smallest absolute Gasteiger partial charge is 0.277 e. The lowest BCUT2D eigenvalue weighted by molar-refractivity contribution is 0.0342. The van der Waals surface area contributed by atoms with Crippen molar-refractivity contribution in [3.8, 4) is 23.0 Å². The summed E-state index contributed by atoms with van der Waals surface area (Å²) < 4.78 is 10.6. The van der Waals surface area contributed by atoms with Gasteiger partial charge >= 0.3 is 0 Å². The number of benzene rings is 1. The second-order valence-electron chi connectivity index (χ2n) is 5.81. The van der Waals surface area contributed by atoms with E-state index in [0.717, 1.165) is 38.4 Å². The van der Waals surface area contributed by atoms with Crippen LogP contribution in [0.1, 0.15) is 5.56 Å². The predicted molar refractivity (Wildman–Crippen MR) is 89.7 cm³/mol. The average molecular weight is 339 g/mol. The van der Waals surface area contributed by atoms with E-state index in [1.165, 1.54) is 18.0 Å². The average Bonchev–Trinajstić information content (AvgIpc) is 3.13. The fourth-order valence-electron chi connectivity index (χ4n) is 2.76. The highest BCUT2D eigenvalue weighted by Crippen LogP contribution is 2.21. The molecule has 0 saturated carbocycles. The first-order chi connectivity index (χ1) is 12.3. The molecule has 1 aromatic carbocycles. The SMILES string of the molecule is O=c1cc(-c2nc(-c3cccc(CN4CCOCC4)c3)no2)nc[nH]1. The third-order valence-corrected chi connectivity index (χ3v) is 4.02. The molecule has 1 aliphatic rings. The van der Waals surface area contributed by atoms with Gasteiger partial charge in [0.05, 0.1) is 19.5 Å². The molecule has 0 bridgehead atoms. The first-order valence-corrected chi connectivity index (χ1v) is 8.06. The van der Waals surface area contributed by atoms with Crippen LogP contribution in [0.5, 0.6) is 0 Å². The van der Waals surface area contributed by atoms with Gasteiger partial charge in [-0.05, 0) is 11.6 Å². The largest absolute Gasteiger partial charge is 0.379 e. The highest BCUT2D eigenvalue weighted by atomic mass is 16.5. The van der Waals surface area contributed by atoms with Gasteiger partial charge < -0.3 is 14.2 Å². The summed E-state index contributed by atoms with van der Waals surface area (Å²) >= 11 is 0. The quantitative estimate of drug-likeness (QED) is 0.765. The van der Waals surface area contributed by atoms with E-state index < -0.39 is 0 Å². The Morgan fingerprint density at radius 2 is 2.08 bits per heavy atom. The molecule has 8 nitrogen and oxygen atoms in total. The molecule has 0 amide bonds. The topological polar surface area (TPSA) is 97.1 Å². The Bertz CT molecular complexity index is 914. The molecule has 0 spiro atoms. The van der Waals surface area contributed by atoms with Gasteiger partial charge in [0.1, 0.15) is 5.69 Å². The number of rotatable bonds is 4. The number of H-pyrrole nitrogens is 1. The van der Waals surface area contributed by atoms with Crippen LogP contribution in [0.15, 0.2) is 46.0 Å². The van der Waals surface area contributed by atoms with Gasteiger partial charge in [-0.2, -0.15) is 4.98 Å². The lowest BCUT2D eigenvalue weighted by Gasteiger charge is -2.26. The van der Waals surface area contributed by atoms with Crippen molar-refractivity contribution in [2.75, 3.05) is 26.3 Å². The van der Waals surface area contributed by atoms with Gasteiger partial charge in [0.25, 0.3) is 11.4 Å². The number of nitrogens with zero attached hydrogens (tertiary/aromatic N) is 4. The monoisotopic (exact) mass is 339 g/mol.